The first-order valence-electron chi connectivity index (χ1n) is 7.55. The van der Waals surface area contributed by atoms with Crippen LogP contribution in [0, 0.1) is 0 Å². The Balaban J connectivity index is 1.84. The van der Waals surface area contributed by atoms with Gasteiger partial charge >= 0.3 is 0 Å². The number of benzene rings is 2. The summed E-state index contributed by atoms with van der Waals surface area (Å²) in [6.07, 6.45) is 1.52. The second kappa shape index (κ2) is 7.99. The second-order valence-corrected chi connectivity index (χ2v) is 6.15. The van der Waals surface area contributed by atoms with E-state index in [-0.39, 0.29) is 17.3 Å². The molecule has 0 saturated heterocycles. The van der Waals surface area contributed by atoms with Gasteiger partial charge in [-0.2, -0.15) is 4.80 Å². The van der Waals surface area contributed by atoms with E-state index >= 15 is 0 Å². The van der Waals surface area contributed by atoms with Gasteiger partial charge in [-0.1, -0.05) is 23.2 Å². The maximum Gasteiger partial charge on any atom is 0.261 e. The Morgan fingerprint density at radius 3 is 2.12 bits per heavy atom. The first-order valence-corrected chi connectivity index (χ1v) is 8.30. The number of nitrogens with one attached hydrogen (secondary N) is 2. The summed E-state index contributed by atoms with van der Waals surface area (Å²) in [6, 6.07) is 13.8. The van der Waals surface area contributed by atoms with Gasteiger partial charge in [-0.25, -0.2) is 0 Å². The Morgan fingerprint density at radius 1 is 1.00 bits per heavy atom. The lowest BCUT2D eigenvalue weighted by Gasteiger charge is -2.08. The van der Waals surface area contributed by atoms with E-state index in [9.17, 15) is 4.79 Å². The molecule has 0 radical (unpaired) electrons. The van der Waals surface area contributed by atoms with Crippen LogP contribution in [-0.4, -0.2) is 26.1 Å². The molecule has 2 N–H and O–H groups in total. The largest absolute Gasteiger partial charge is 0.361 e. The number of hydrogen-bond acceptors (Lipinski definition) is 5. The second-order valence-electron chi connectivity index (χ2n) is 5.27. The fraction of sp³-hybridized carbons (Fsp3) is 0.0588. The lowest BCUT2D eigenvalue weighted by atomic mass is 10.2. The van der Waals surface area contributed by atoms with E-state index in [0.717, 1.165) is 5.69 Å². The molecular formula is C17H14Cl2N6O. The number of halogens is 2. The Labute approximate surface area is 159 Å². The number of carbonyl (C=O) groups is 1. The van der Waals surface area contributed by atoms with Crippen LogP contribution in [0.3, 0.4) is 0 Å². The predicted octanol–water partition coefficient (Wildman–Crippen LogP) is 3.61. The average molecular weight is 389 g/mol. The number of amides is 1. The van der Waals surface area contributed by atoms with Gasteiger partial charge in [-0.15, -0.1) is 10.2 Å². The van der Waals surface area contributed by atoms with E-state index < -0.39 is 0 Å². The molecule has 9 heteroatoms. The molecule has 2 aromatic carbocycles. The third-order valence-corrected chi connectivity index (χ3v) is 3.83. The highest BCUT2D eigenvalue weighted by atomic mass is 35.5. The summed E-state index contributed by atoms with van der Waals surface area (Å²) in [5, 5.41) is 18.8. The number of aryl methyl sites for hydroxylation is 1. The van der Waals surface area contributed by atoms with Crippen LogP contribution in [0.5, 0.6) is 0 Å². The van der Waals surface area contributed by atoms with Gasteiger partial charge in [0.1, 0.15) is 5.57 Å². The van der Waals surface area contributed by atoms with Crippen molar-refractivity contribution in [2.75, 3.05) is 10.6 Å². The normalized spacial score (nSPS) is 11.3. The van der Waals surface area contributed by atoms with Crippen LogP contribution >= 0.6 is 23.2 Å². The molecule has 132 valence electrons. The van der Waals surface area contributed by atoms with E-state index in [0.29, 0.717) is 15.7 Å². The van der Waals surface area contributed by atoms with Gasteiger partial charge in [0.2, 0.25) is 5.82 Å². The number of anilines is 2. The molecule has 0 aliphatic heterocycles. The smallest absolute Gasteiger partial charge is 0.261 e. The molecule has 0 fully saturated rings. The van der Waals surface area contributed by atoms with Crippen LogP contribution in [0.25, 0.3) is 5.57 Å². The monoisotopic (exact) mass is 388 g/mol. The van der Waals surface area contributed by atoms with Gasteiger partial charge in [0.25, 0.3) is 5.91 Å². The van der Waals surface area contributed by atoms with Crippen molar-refractivity contribution < 1.29 is 4.79 Å². The van der Waals surface area contributed by atoms with E-state index in [2.05, 4.69) is 26.0 Å². The molecule has 3 aromatic rings. The molecule has 0 bridgehead atoms. The Hall–Kier alpha value is -2.90. The molecule has 0 saturated carbocycles. The van der Waals surface area contributed by atoms with Crippen molar-refractivity contribution >= 4 is 46.1 Å². The number of nitrogens with zero attached hydrogens (tertiary/aromatic N) is 4. The van der Waals surface area contributed by atoms with Gasteiger partial charge in [0.05, 0.1) is 7.05 Å². The van der Waals surface area contributed by atoms with Crippen molar-refractivity contribution in [2.24, 2.45) is 7.05 Å². The molecule has 0 spiro atoms. The molecule has 1 amide bonds. The molecular weight excluding hydrogens is 375 g/mol. The first kappa shape index (κ1) is 17.9. The number of aromatic nitrogens is 4. The summed E-state index contributed by atoms with van der Waals surface area (Å²) in [6.45, 7) is 0. The fourth-order valence-corrected chi connectivity index (χ4v) is 2.31. The van der Waals surface area contributed by atoms with Crippen LogP contribution < -0.4 is 10.6 Å². The summed E-state index contributed by atoms with van der Waals surface area (Å²) in [7, 11) is 1.62. The molecule has 26 heavy (non-hydrogen) atoms. The molecule has 0 aliphatic rings. The van der Waals surface area contributed by atoms with Crippen molar-refractivity contribution in [3.63, 3.8) is 0 Å². The van der Waals surface area contributed by atoms with Gasteiger partial charge < -0.3 is 10.6 Å². The van der Waals surface area contributed by atoms with E-state index in [1.165, 1.54) is 11.0 Å². The van der Waals surface area contributed by atoms with Gasteiger partial charge in [-0.3, -0.25) is 4.79 Å². The highest BCUT2D eigenvalue weighted by Gasteiger charge is 2.17. The van der Waals surface area contributed by atoms with Crippen molar-refractivity contribution in [3.8, 4) is 0 Å². The number of rotatable bonds is 5. The maximum atomic E-state index is 12.7. The Morgan fingerprint density at radius 2 is 1.58 bits per heavy atom. The minimum Gasteiger partial charge on any atom is -0.361 e. The van der Waals surface area contributed by atoms with Gasteiger partial charge in [0.15, 0.2) is 0 Å². The maximum absolute atomic E-state index is 12.7. The third kappa shape index (κ3) is 4.59. The summed E-state index contributed by atoms with van der Waals surface area (Å²) in [5.41, 5.74) is 1.58. The summed E-state index contributed by atoms with van der Waals surface area (Å²) in [5.74, 6) is -0.192. The van der Waals surface area contributed by atoms with E-state index in [1.54, 1.807) is 55.6 Å². The lowest BCUT2D eigenvalue weighted by Crippen LogP contribution is -2.15. The Kier molecular flexibility index (Phi) is 5.50. The summed E-state index contributed by atoms with van der Waals surface area (Å²) >= 11 is 11.7. The average Bonchev–Trinajstić information content (AvgIpc) is 3.05. The zero-order chi connectivity index (χ0) is 18.5. The standard InChI is InChI=1S/C17H14Cl2N6O/c1-25-23-16(22-24-25)15(10-20-13-6-2-11(18)3-7-13)17(26)21-14-8-4-12(19)5-9-14/h2-10,20H,1H3,(H,21,26)/b15-10-. The van der Waals surface area contributed by atoms with Crippen LogP contribution in [0.15, 0.2) is 54.7 Å². The summed E-state index contributed by atoms with van der Waals surface area (Å²) < 4.78 is 0. The van der Waals surface area contributed by atoms with Crippen LogP contribution in [-0.2, 0) is 11.8 Å². The lowest BCUT2D eigenvalue weighted by molar-refractivity contribution is -0.111. The van der Waals surface area contributed by atoms with Crippen molar-refractivity contribution in [1.82, 2.24) is 20.2 Å². The number of carbonyl (C=O) groups excluding carboxylic acids is 1. The fourth-order valence-electron chi connectivity index (χ4n) is 2.06. The topological polar surface area (TPSA) is 84.7 Å². The molecule has 1 heterocycles. The third-order valence-electron chi connectivity index (χ3n) is 3.32. The van der Waals surface area contributed by atoms with Crippen LogP contribution in [0.2, 0.25) is 10.0 Å². The van der Waals surface area contributed by atoms with E-state index in [4.69, 9.17) is 23.2 Å². The van der Waals surface area contributed by atoms with Crippen molar-refractivity contribution in [1.29, 1.82) is 0 Å². The van der Waals surface area contributed by atoms with Crippen molar-refractivity contribution in [3.05, 3.63) is 70.6 Å². The van der Waals surface area contributed by atoms with Gasteiger partial charge in [0, 0.05) is 27.6 Å². The highest BCUT2D eigenvalue weighted by molar-refractivity contribution is 6.31. The predicted molar refractivity (Wildman–Crippen MR) is 102 cm³/mol. The molecule has 0 atom stereocenters. The van der Waals surface area contributed by atoms with Gasteiger partial charge in [-0.05, 0) is 53.7 Å². The zero-order valence-electron chi connectivity index (χ0n) is 13.6. The molecule has 0 unspecified atom stereocenters. The highest BCUT2D eigenvalue weighted by Crippen LogP contribution is 2.18. The number of tetrazole rings is 1. The Bertz CT molecular complexity index is 935. The zero-order valence-corrected chi connectivity index (χ0v) is 15.2. The molecule has 0 aliphatic carbocycles. The van der Waals surface area contributed by atoms with Crippen LogP contribution in [0.4, 0.5) is 11.4 Å². The SMILES string of the molecule is Cn1nnc(/C(=C/Nc2ccc(Cl)cc2)C(=O)Nc2ccc(Cl)cc2)n1. The number of hydrogen-bond donors (Lipinski definition) is 2. The molecule has 1 aromatic heterocycles. The quantitative estimate of drug-likeness (QED) is 0.652. The minimum atomic E-state index is -0.387. The molecule has 3 rings (SSSR count). The molecule has 7 nitrogen and oxygen atoms in total. The van der Waals surface area contributed by atoms with Crippen molar-refractivity contribution in [2.45, 2.75) is 0 Å². The summed E-state index contributed by atoms with van der Waals surface area (Å²) in [4.78, 5) is 14.0. The first-order chi connectivity index (χ1) is 12.5. The minimum absolute atomic E-state index is 0.195. The van der Waals surface area contributed by atoms with E-state index in [1.807, 2.05) is 0 Å². The van der Waals surface area contributed by atoms with Crippen LogP contribution in [0.1, 0.15) is 5.82 Å².